The number of rotatable bonds is 6. The van der Waals surface area contributed by atoms with Crippen LogP contribution in [0.2, 0.25) is 5.02 Å². The first-order chi connectivity index (χ1) is 8.74. The van der Waals surface area contributed by atoms with E-state index in [0.29, 0.717) is 12.8 Å². The zero-order valence-corrected chi connectivity index (χ0v) is 11.9. The SMILES string of the molecule is CC(O)CCCNS(=O)(=O)c1cc(Cl)cc(N)c1F. The first-order valence-electron chi connectivity index (χ1n) is 5.66. The minimum atomic E-state index is -4.00. The predicted molar refractivity (Wildman–Crippen MR) is 71.9 cm³/mol. The van der Waals surface area contributed by atoms with Gasteiger partial charge in [-0.2, -0.15) is 0 Å². The van der Waals surface area contributed by atoms with Gasteiger partial charge < -0.3 is 10.8 Å². The zero-order chi connectivity index (χ0) is 14.6. The molecule has 0 amide bonds. The van der Waals surface area contributed by atoms with Gasteiger partial charge in [0.15, 0.2) is 5.82 Å². The summed E-state index contributed by atoms with van der Waals surface area (Å²) in [7, 11) is -4.00. The molecule has 8 heteroatoms. The summed E-state index contributed by atoms with van der Waals surface area (Å²) in [5, 5.41) is 9.09. The first kappa shape index (κ1) is 16.2. The maximum absolute atomic E-state index is 13.7. The van der Waals surface area contributed by atoms with Gasteiger partial charge in [0, 0.05) is 11.6 Å². The molecule has 0 aromatic heterocycles. The normalized spacial score (nSPS) is 13.5. The van der Waals surface area contributed by atoms with Crippen molar-refractivity contribution < 1.29 is 17.9 Å². The number of nitrogen functional groups attached to an aromatic ring is 1. The number of halogens is 2. The second kappa shape index (κ2) is 6.51. The van der Waals surface area contributed by atoms with E-state index in [0.717, 1.165) is 12.1 Å². The van der Waals surface area contributed by atoms with Crippen LogP contribution in [0.25, 0.3) is 0 Å². The van der Waals surface area contributed by atoms with Gasteiger partial charge in [0.25, 0.3) is 0 Å². The van der Waals surface area contributed by atoms with E-state index in [4.69, 9.17) is 22.4 Å². The summed E-state index contributed by atoms with van der Waals surface area (Å²) >= 11 is 5.66. The molecule has 0 heterocycles. The lowest BCUT2D eigenvalue weighted by atomic mass is 10.2. The Kier molecular flexibility index (Phi) is 5.54. The third-order valence-corrected chi connectivity index (χ3v) is 4.09. The van der Waals surface area contributed by atoms with Crippen molar-refractivity contribution in [2.24, 2.45) is 0 Å². The third-order valence-electron chi connectivity index (χ3n) is 2.41. The van der Waals surface area contributed by atoms with Gasteiger partial charge in [0.2, 0.25) is 10.0 Å². The van der Waals surface area contributed by atoms with Crippen LogP contribution in [0.5, 0.6) is 0 Å². The maximum Gasteiger partial charge on any atom is 0.243 e. The second-order valence-corrected chi connectivity index (χ2v) is 6.37. The fraction of sp³-hybridized carbons (Fsp3) is 0.455. The van der Waals surface area contributed by atoms with E-state index in [1.54, 1.807) is 6.92 Å². The van der Waals surface area contributed by atoms with Gasteiger partial charge in [-0.05, 0) is 31.9 Å². The molecule has 0 fully saturated rings. The highest BCUT2D eigenvalue weighted by atomic mass is 35.5. The molecule has 0 radical (unpaired) electrons. The van der Waals surface area contributed by atoms with Gasteiger partial charge in [-0.1, -0.05) is 11.6 Å². The Hall–Kier alpha value is -0.890. The topological polar surface area (TPSA) is 92.4 Å². The lowest BCUT2D eigenvalue weighted by molar-refractivity contribution is 0.182. The number of hydrogen-bond acceptors (Lipinski definition) is 4. The Morgan fingerprint density at radius 3 is 2.74 bits per heavy atom. The minimum absolute atomic E-state index is 0.0447. The Bertz CT molecular complexity index is 549. The zero-order valence-electron chi connectivity index (χ0n) is 10.4. The predicted octanol–water partition coefficient (Wildman–Crippen LogP) is 1.50. The van der Waals surface area contributed by atoms with E-state index in [9.17, 15) is 12.8 Å². The van der Waals surface area contributed by atoms with Crippen molar-refractivity contribution in [1.82, 2.24) is 4.72 Å². The Balaban J connectivity index is 2.83. The van der Waals surface area contributed by atoms with Crippen molar-refractivity contribution >= 4 is 27.3 Å². The van der Waals surface area contributed by atoms with Crippen LogP contribution in [0.1, 0.15) is 19.8 Å². The molecule has 0 aliphatic heterocycles. The van der Waals surface area contributed by atoms with Crippen LogP contribution in [0.4, 0.5) is 10.1 Å². The molecule has 5 nitrogen and oxygen atoms in total. The molecule has 0 bridgehead atoms. The fourth-order valence-electron chi connectivity index (χ4n) is 1.46. The quantitative estimate of drug-likeness (QED) is 0.548. The van der Waals surface area contributed by atoms with Crippen LogP contribution in [-0.2, 0) is 10.0 Å². The standard InChI is InChI=1S/C11H16ClFN2O3S/c1-7(16)3-2-4-15-19(17,18)10-6-8(12)5-9(14)11(10)13/h5-7,15-16H,2-4,14H2,1H3. The van der Waals surface area contributed by atoms with E-state index in [1.165, 1.54) is 0 Å². The van der Waals surface area contributed by atoms with Gasteiger partial charge in [0.05, 0.1) is 11.8 Å². The molecule has 1 aromatic rings. The molecule has 0 aliphatic carbocycles. The molecule has 1 atom stereocenters. The van der Waals surface area contributed by atoms with Crippen LogP contribution in [-0.4, -0.2) is 26.2 Å². The molecule has 0 saturated carbocycles. The van der Waals surface area contributed by atoms with Crippen molar-refractivity contribution in [3.8, 4) is 0 Å². The van der Waals surface area contributed by atoms with Crippen LogP contribution >= 0.6 is 11.6 Å². The number of nitrogens with one attached hydrogen (secondary N) is 1. The van der Waals surface area contributed by atoms with Crippen LogP contribution in [0, 0.1) is 5.82 Å². The first-order valence-corrected chi connectivity index (χ1v) is 7.52. The molecule has 1 unspecified atom stereocenters. The van der Waals surface area contributed by atoms with Gasteiger partial charge in [0.1, 0.15) is 4.90 Å². The number of aliphatic hydroxyl groups excluding tert-OH is 1. The number of benzene rings is 1. The van der Waals surface area contributed by atoms with Crippen molar-refractivity contribution in [1.29, 1.82) is 0 Å². The minimum Gasteiger partial charge on any atom is -0.396 e. The van der Waals surface area contributed by atoms with E-state index in [1.807, 2.05) is 0 Å². The highest BCUT2D eigenvalue weighted by Crippen LogP contribution is 2.25. The molecule has 4 N–H and O–H groups in total. The van der Waals surface area contributed by atoms with Crippen molar-refractivity contribution in [2.45, 2.75) is 30.8 Å². The number of anilines is 1. The molecular formula is C11H16ClFN2O3S. The molecule has 108 valence electrons. The summed E-state index contributed by atoms with van der Waals surface area (Å²) < 4.78 is 39.7. The van der Waals surface area contributed by atoms with Crippen LogP contribution in [0.3, 0.4) is 0 Å². The number of nitrogens with two attached hydrogens (primary N) is 1. The Morgan fingerprint density at radius 2 is 2.16 bits per heavy atom. The average Bonchev–Trinajstić information content (AvgIpc) is 2.29. The van der Waals surface area contributed by atoms with Crippen LogP contribution < -0.4 is 10.5 Å². The monoisotopic (exact) mass is 310 g/mol. The number of aliphatic hydroxyl groups is 1. The molecule has 1 aromatic carbocycles. The Morgan fingerprint density at radius 1 is 1.53 bits per heavy atom. The molecular weight excluding hydrogens is 295 g/mol. The summed E-state index contributed by atoms with van der Waals surface area (Å²) in [6, 6.07) is 2.15. The lowest BCUT2D eigenvalue weighted by Gasteiger charge is -2.10. The molecule has 19 heavy (non-hydrogen) atoms. The summed E-state index contributed by atoms with van der Waals surface area (Å²) in [4.78, 5) is -0.574. The van der Waals surface area contributed by atoms with Gasteiger partial charge >= 0.3 is 0 Å². The maximum atomic E-state index is 13.7. The molecule has 0 spiro atoms. The molecule has 0 aliphatic rings. The van der Waals surface area contributed by atoms with Gasteiger partial charge in [-0.3, -0.25) is 0 Å². The molecule has 1 rings (SSSR count). The summed E-state index contributed by atoms with van der Waals surface area (Å²) in [6.45, 7) is 1.70. The summed E-state index contributed by atoms with van der Waals surface area (Å²) in [5.41, 5.74) is 5.01. The average molecular weight is 311 g/mol. The lowest BCUT2D eigenvalue weighted by Crippen LogP contribution is -2.26. The number of sulfonamides is 1. The Labute approximate surface area is 116 Å². The summed E-state index contributed by atoms with van der Waals surface area (Å²) in [5.74, 6) is -1.02. The van der Waals surface area contributed by atoms with E-state index in [2.05, 4.69) is 4.72 Å². The van der Waals surface area contributed by atoms with E-state index < -0.39 is 26.8 Å². The molecule has 0 saturated heterocycles. The van der Waals surface area contributed by atoms with Crippen molar-refractivity contribution in [3.63, 3.8) is 0 Å². The van der Waals surface area contributed by atoms with Crippen molar-refractivity contribution in [3.05, 3.63) is 23.0 Å². The highest BCUT2D eigenvalue weighted by Gasteiger charge is 2.21. The van der Waals surface area contributed by atoms with E-state index >= 15 is 0 Å². The number of hydrogen-bond donors (Lipinski definition) is 3. The van der Waals surface area contributed by atoms with Gasteiger partial charge in [-0.15, -0.1) is 0 Å². The highest BCUT2D eigenvalue weighted by molar-refractivity contribution is 7.89. The fourth-order valence-corrected chi connectivity index (χ4v) is 2.96. The van der Waals surface area contributed by atoms with Gasteiger partial charge in [-0.25, -0.2) is 17.5 Å². The summed E-state index contributed by atoms with van der Waals surface area (Å²) in [6.07, 6.45) is 0.375. The van der Waals surface area contributed by atoms with Crippen molar-refractivity contribution in [2.75, 3.05) is 12.3 Å². The largest absolute Gasteiger partial charge is 0.396 e. The third kappa shape index (κ3) is 4.61. The van der Waals surface area contributed by atoms with E-state index in [-0.39, 0.29) is 17.3 Å². The smallest absolute Gasteiger partial charge is 0.243 e. The second-order valence-electron chi connectivity index (χ2n) is 4.20. The van der Waals surface area contributed by atoms with Crippen LogP contribution in [0.15, 0.2) is 17.0 Å².